The van der Waals surface area contributed by atoms with Crippen molar-refractivity contribution in [2.45, 2.75) is 24.7 Å². The molecule has 1 aromatic rings. The predicted molar refractivity (Wildman–Crippen MR) is 57.1 cm³/mol. The van der Waals surface area contributed by atoms with Crippen LogP contribution in [0.1, 0.15) is 24.8 Å². The van der Waals surface area contributed by atoms with Crippen molar-refractivity contribution in [1.82, 2.24) is 0 Å². The maximum Gasteiger partial charge on any atom is 0.235 e. The molecule has 1 aromatic carbocycles. The van der Waals surface area contributed by atoms with Gasteiger partial charge >= 0.3 is 0 Å². The van der Waals surface area contributed by atoms with Gasteiger partial charge in [0.15, 0.2) is 5.82 Å². The van der Waals surface area contributed by atoms with E-state index in [0.717, 1.165) is 24.8 Å². The number of halogens is 1. The predicted octanol–water partition coefficient (Wildman–Crippen LogP) is 2.21. The van der Waals surface area contributed by atoms with Crippen LogP contribution in [0, 0.1) is 5.82 Å². The van der Waals surface area contributed by atoms with Crippen molar-refractivity contribution in [2.75, 3.05) is 12.4 Å². The fourth-order valence-corrected chi connectivity index (χ4v) is 2.59. The van der Waals surface area contributed by atoms with Crippen LogP contribution in [-0.4, -0.2) is 13.0 Å². The molecule has 0 unspecified atom stereocenters. The maximum atomic E-state index is 13.7. The van der Waals surface area contributed by atoms with Crippen molar-refractivity contribution < 1.29 is 13.9 Å². The molecule has 0 radical (unpaired) electrons. The summed E-state index contributed by atoms with van der Waals surface area (Å²) in [5.41, 5.74) is 0.621. The molecule has 1 amide bonds. The molecule has 1 spiro atoms. The molecular weight excluding hydrogens is 209 g/mol. The Labute approximate surface area is 92.6 Å². The first-order chi connectivity index (χ1) is 7.67. The molecule has 4 heteroatoms. The van der Waals surface area contributed by atoms with Crippen LogP contribution in [0.5, 0.6) is 5.75 Å². The van der Waals surface area contributed by atoms with Crippen LogP contribution in [0.3, 0.4) is 0 Å². The van der Waals surface area contributed by atoms with E-state index in [1.54, 1.807) is 6.07 Å². The summed E-state index contributed by atoms with van der Waals surface area (Å²) in [5.74, 6) is -0.00796. The van der Waals surface area contributed by atoms with Gasteiger partial charge in [0.1, 0.15) is 5.75 Å². The normalized spacial score (nSPS) is 20.2. The van der Waals surface area contributed by atoms with Gasteiger partial charge in [-0.25, -0.2) is 4.39 Å². The molecule has 2 aliphatic rings. The third-order valence-electron chi connectivity index (χ3n) is 3.70. The molecule has 0 saturated heterocycles. The molecule has 0 atom stereocenters. The SMILES string of the molecule is COc1cc(F)c2c(c1)C1(CCC1)C(=O)N2. The van der Waals surface area contributed by atoms with Gasteiger partial charge in [-0.15, -0.1) is 0 Å². The van der Waals surface area contributed by atoms with Gasteiger partial charge in [-0.2, -0.15) is 0 Å². The van der Waals surface area contributed by atoms with Crippen molar-refractivity contribution >= 4 is 11.6 Å². The van der Waals surface area contributed by atoms with Gasteiger partial charge in [-0.1, -0.05) is 6.42 Å². The van der Waals surface area contributed by atoms with E-state index in [1.165, 1.54) is 13.2 Å². The fraction of sp³-hybridized carbons (Fsp3) is 0.417. The summed E-state index contributed by atoms with van der Waals surface area (Å²) >= 11 is 0. The van der Waals surface area contributed by atoms with E-state index in [4.69, 9.17) is 4.74 Å². The van der Waals surface area contributed by atoms with Crippen LogP contribution >= 0.6 is 0 Å². The topological polar surface area (TPSA) is 38.3 Å². The summed E-state index contributed by atoms with van der Waals surface area (Å²) in [5, 5.41) is 2.64. The number of benzene rings is 1. The van der Waals surface area contributed by atoms with E-state index in [2.05, 4.69) is 5.32 Å². The first-order valence-electron chi connectivity index (χ1n) is 5.37. The van der Waals surface area contributed by atoms with Crippen molar-refractivity contribution in [3.05, 3.63) is 23.5 Å². The van der Waals surface area contributed by atoms with Crippen LogP contribution in [0.4, 0.5) is 10.1 Å². The zero-order valence-corrected chi connectivity index (χ0v) is 8.97. The van der Waals surface area contributed by atoms with Gasteiger partial charge in [0, 0.05) is 6.07 Å². The van der Waals surface area contributed by atoms with E-state index < -0.39 is 11.2 Å². The second-order valence-corrected chi connectivity index (χ2v) is 4.42. The molecule has 0 aromatic heterocycles. The molecule has 1 aliphatic heterocycles. The highest BCUT2D eigenvalue weighted by Crippen LogP contribution is 2.52. The Morgan fingerprint density at radius 2 is 2.19 bits per heavy atom. The average molecular weight is 221 g/mol. The van der Waals surface area contributed by atoms with E-state index in [9.17, 15) is 9.18 Å². The first kappa shape index (κ1) is 9.63. The van der Waals surface area contributed by atoms with Crippen molar-refractivity contribution in [1.29, 1.82) is 0 Å². The largest absolute Gasteiger partial charge is 0.497 e. The number of methoxy groups -OCH3 is 1. The minimum atomic E-state index is -0.481. The summed E-state index contributed by atoms with van der Waals surface area (Å²) < 4.78 is 18.8. The number of fused-ring (bicyclic) bond motifs is 2. The molecule has 1 heterocycles. The quantitative estimate of drug-likeness (QED) is 0.789. The van der Waals surface area contributed by atoms with Crippen molar-refractivity contribution in [3.8, 4) is 5.75 Å². The third kappa shape index (κ3) is 0.991. The highest BCUT2D eigenvalue weighted by atomic mass is 19.1. The zero-order chi connectivity index (χ0) is 11.3. The zero-order valence-electron chi connectivity index (χ0n) is 8.97. The van der Waals surface area contributed by atoms with E-state index in [1.807, 2.05) is 0 Å². The number of ether oxygens (including phenoxy) is 1. The van der Waals surface area contributed by atoms with Crippen LogP contribution in [0.2, 0.25) is 0 Å². The minimum Gasteiger partial charge on any atom is -0.497 e. The van der Waals surface area contributed by atoms with Gasteiger partial charge < -0.3 is 10.1 Å². The second-order valence-electron chi connectivity index (χ2n) is 4.42. The molecule has 84 valence electrons. The lowest BCUT2D eigenvalue weighted by Gasteiger charge is -2.36. The smallest absolute Gasteiger partial charge is 0.235 e. The number of nitrogens with one attached hydrogen (secondary N) is 1. The Morgan fingerprint density at radius 3 is 2.75 bits per heavy atom. The van der Waals surface area contributed by atoms with E-state index in [0.29, 0.717) is 11.4 Å². The average Bonchev–Trinajstić information content (AvgIpc) is 2.50. The molecule has 3 nitrogen and oxygen atoms in total. The summed E-state index contributed by atoms with van der Waals surface area (Å²) in [6.07, 6.45) is 2.63. The summed E-state index contributed by atoms with van der Waals surface area (Å²) in [6, 6.07) is 3.08. The lowest BCUT2D eigenvalue weighted by atomic mass is 9.65. The number of hydrogen-bond donors (Lipinski definition) is 1. The number of anilines is 1. The standard InChI is InChI=1S/C12H12FNO2/c1-16-7-5-8-10(9(13)6-7)14-11(15)12(8)3-2-4-12/h5-6H,2-4H2,1H3,(H,14,15). The highest BCUT2D eigenvalue weighted by Gasteiger charge is 2.52. The highest BCUT2D eigenvalue weighted by molar-refractivity contribution is 6.07. The summed E-state index contributed by atoms with van der Waals surface area (Å²) in [4.78, 5) is 11.9. The van der Waals surface area contributed by atoms with Gasteiger partial charge in [0.2, 0.25) is 5.91 Å². The van der Waals surface area contributed by atoms with Crippen LogP contribution in [0.15, 0.2) is 12.1 Å². The Kier molecular flexibility index (Phi) is 1.79. The molecule has 3 rings (SSSR count). The Morgan fingerprint density at radius 1 is 1.44 bits per heavy atom. The lowest BCUT2D eigenvalue weighted by molar-refractivity contribution is -0.123. The Hall–Kier alpha value is -1.58. The van der Waals surface area contributed by atoms with E-state index in [-0.39, 0.29) is 5.91 Å². The van der Waals surface area contributed by atoms with Gasteiger partial charge in [0.25, 0.3) is 0 Å². The molecule has 1 saturated carbocycles. The monoisotopic (exact) mass is 221 g/mol. The van der Waals surface area contributed by atoms with Gasteiger partial charge in [0.05, 0.1) is 18.2 Å². The number of amides is 1. The van der Waals surface area contributed by atoms with Crippen LogP contribution in [0.25, 0.3) is 0 Å². The molecule has 16 heavy (non-hydrogen) atoms. The minimum absolute atomic E-state index is 0.0686. The van der Waals surface area contributed by atoms with Crippen molar-refractivity contribution in [2.24, 2.45) is 0 Å². The molecular formula is C12H12FNO2. The Bertz CT molecular complexity index is 480. The number of hydrogen-bond acceptors (Lipinski definition) is 2. The van der Waals surface area contributed by atoms with E-state index >= 15 is 0 Å². The summed E-state index contributed by atoms with van der Waals surface area (Å²) in [6.45, 7) is 0. The fourth-order valence-electron chi connectivity index (χ4n) is 2.59. The van der Waals surface area contributed by atoms with Crippen LogP contribution < -0.4 is 10.1 Å². The molecule has 0 bridgehead atoms. The third-order valence-corrected chi connectivity index (χ3v) is 3.70. The summed E-state index contributed by atoms with van der Waals surface area (Å²) in [7, 11) is 1.50. The molecule has 1 N–H and O–H groups in total. The second kappa shape index (κ2) is 2.97. The number of rotatable bonds is 1. The first-order valence-corrected chi connectivity index (χ1v) is 5.37. The lowest BCUT2D eigenvalue weighted by Crippen LogP contribution is -2.40. The Balaban J connectivity index is 2.20. The molecule has 1 aliphatic carbocycles. The maximum absolute atomic E-state index is 13.7. The van der Waals surface area contributed by atoms with Crippen molar-refractivity contribution in [3.63, 3.8) is 0 Å². The van der Waals surface area contributed by atoms with Gasteiger partial charge in [-0.3, -0.25) is 4.79 Å². The van der Waals surface area contributed by atoms with Gasteiger partial charge in [-0.05, 0) is 24.5 Å². The molecule has 1 fully saturated rings. The number of carbonyl (C=O) groups is 1. The number of carbonyl (C=O) groups excluding carboxylic acids is 1. The van der Waals surface area contributed by atoms with Crippen LogP contribution in [-0.2, 0) is 10.2 Å².